The summed E-state index contributed by atoms with van der Waals surface area (Å²) in [6.07, 6.45) is 1.98. The largest absolute Gasteiger partial charge is 0.361 e. The van der Waals surface area contributed by atoms with E-state index < -0.39 is 0 Å². The molecule has 16 heavy (non-hydrogen) atoms. The van der Waals surface area contributed by atoms with Crippen LogP contribution in [0.1, 0.15) is 0 Å². The minimum atomic E-state index is 1.18. The number of hydrogen-bond donors (Lipinski definition) is 2. The molecule has 0 fully saturated rings. The van der Waals surface area contributed by atoms with E-state index in [0.29, 0.717) is 0 Å². The molecule has 0 spiro atoms. The van der Waals surface area contributed by atoms with Crippen LogP contribution >= 0.6 is 0 Å². The van der Waals surface area contributed by atoms with E-state index in [4.69, 9.17) is 0 Å². The molecule has 2 aromatic heterocycles. The molecule has 0 radical (unpaired) electrons. The monoisotopic (exact) mass is 206 g/mol. The van der Waals surface area contributed by atoms with Crippen LogP contribution in [0.3, 0.4) is 0 Å². The van der Waals surface area contributed by atoms with Gasteiger partial charge in [-0.3, -0.25) is 0 Å². The second kappa shape index (κ2) is 2.67. The van der Waals surface area contributed by atoms with E-state index >= 15 is 0 Å². The van der Waals surface area contributed by atoms with Gasteiger partial charge in [0.2, 0.25) is 0 Å². The molecular formula is C14H10N2. The first kappa shape index (κ1) is 7.99. The maximum absolute atomic E-state index is 3.44. The Balaban J connectivity index is 2.32. The number of aromatic amines is 2. The molecule has 2 aromatic carbocycles. The second-order valence-electron chi connectivity index (χ2n) is 4.13. The zero-order chi connectivity index (χ0) is 10.5. The molecule has 4 rings (SSSR count). The number of benzene rings is 2. The number of nitrogens with one attached hydrogen (secondary N) is 2. The number of rotatable bonds is 0. The summed E-state index contributed by atoms with van der Waals surface area (Å²) >= 11 is 0. The molecule has 4 aromatic rings. The number of aromatic nitrogens is 2. The van der Waals surface area contributed by atoms with E-state index in [9.17, 15) is 0 Å². The van der Waals surface area contributed by atoms with Gasteiger partial charge >= 0.3 is 0 Å². The molecular weight excluding hydrogens is 196 g/mol. The Labute approximate surface area is 91.9 Å². The quantitative estimate of drug-likeness (QED) is 0.438. The zero-order valence-electron chi connectivity index (χ0n) is 8.62. The van der Waals surface area contributed by atoms with Crippen LogP contribution in [-0.2, 0) is 0 Å². The molecule has 0 aliphatic carbocycles. The number of hydrogen-bond acceptors (Lipinski definition) is 0. The summed E-state index contributed by atoms with van der Waals surface area (Å²) in [6, 6.07) is 14.9. The lowest BCUT2D eigenvalue weighted by molar-refractivity contribution is 1.47. The van der Waals surface area contributed by atoms with Gasteiger partial charge in [0.1, 0.15) is 0 Å². The van der Waals surface area contributed by atoms with Crippen LogP contribution in [0, 0.1) is 0 Å². The molecule has 2 N–H and O–H groups in total. The summed E-state index contributed by atoms with van der Waals surface area (Å²) in [7, 11) is 0. The lowest BCUT2D eigenvalue weighted by Gasteiger charge is -1.92. The first-order valence-corrected chi connectivity index (χ1v) is 5.39. The maximum atomic E-state index is 3.44. The van der Waals surface area contributed by atoms with Crippen LogP contribution in [0.2, 0.25) is 0 Å². The first-order chi connectivity index (χ1) is 7.92. The third-order valence-corrected chi connectivity index (χ3v) is 3.18. The number of H-pyrrole nitrogens is 2. The Morgan fingerprint density at radius 1 is 0.750 bits per heavy atom. The van der Waals surface area contributed by atoms with Gasteiger partial charge in [-0.25, -0.2) is 0 Å². The number of fused-ring (bicyclic) bond motifs is 4. The van der Waals surface area contributed by atoms with Crippen LogP contribution < -0.4 is 0 Å². The van der Waals surface area contributed by atoms with E-state index in [-0.39, 0.29) is 0 Å². The van der Waals surface area contributed by atoms with Crippen molar-refractivity contribution < 1.29 is 0 Å². The van der Waals surface area contributed by atoms with Crippen molar-refractivity contribution in [1.29, 1.82) is 0 Å². The van der Waals surface area contributed by atoms with Crippen molar-refractivity contribution in [3.8, 4) is 0 Å². The van der Waals surface area contributed by atoms with Gasteiger partial charge in [0.15, 0.2) is 0 Å². The Morgan fingerprint density at radius 3 is 2.69 bits per heavy atom. The highest BCUT2D eigenvalue weighted by Crippen LogP contribution is 2.28. The molecule has 0 bridgehead atoms. The predicted octanol–water partition coefficient (Wildman–Crippen LogP) is 3.80. The van der Waals surface area contributed by atoms with Gasteiger partial charge in [0.05, 0.1) is 0 Å². The van der Waals surface area contributed by atoms with E-state index in [1.54, 1.807) is 0 Å². The van der Waals surface area contributed by atoms with Crippen molar-refractivity contribution in [1.82, 2.24) is 9.97 Å². The fourth-order valence-corrected chi connectivity index (χ4v) is 2.40. The molecule has 2 nitrogen and oxygen atoms in total. The fourth-order valence-electron chi connectivity index (χ4n) is 2.40. The zero-order valence-corrected chi connectivity index (χ0v) is 8.62. The lowest BCUT2D eigenvalue weighted by Crippen LogP contribution is -1.69. The molecule has 76 valence electrons. The average molecular weight is 206 g/mol. The SMILES string of the molecule is c1ccc2c(c1)[nH]c1cc3[nH]ccc3cc12. The van der Waals surface area contributed by atoms with Crippen molar-refractivity contribution in [2.24, 2.45) is 0 Å². The Bertz CT molecular complexity index is 805. The Hall–Kier alpha value is -2.22. The summed E-state index contributed by atoms with van der Waals surface area (Å²) in [5.74, 6) is 0. The van der Waals surface area contributed by atoms with E-state index in [2.05, 4.69) is 52.4 Å². The van der Waals surface area contributed by atoms with Gasteiger partial charge in [-0.2, -0.15) is 0 Å². The third-order valence-electron chi connectivity index (χ3n) is 3.18. The highest BCUT2D eigenvalue weighted by molar-refractivity contribution is 6.11. The van der Waals surface area contributed by atoms with Crippen LogP contribution in [0.4, 0.5) is 0 Å². The summed E-state index contributed by atoms with van der Waals surface area (Å²) < 4.78 is 0. The highest BCUT2D eigenvalue weighted by Gasteiger charge is 2.04. The first-order valence-electron chi connectivity index (χ1n) is 5.39. The van der Waals surface area contributed by atoms with Crippen LogP contribution in [0.15, 0.2) is 48.7 Å². The maximum Gasteiger partial charge on any atom is 0.0486 e. The van der Waals surface area contributed by atoms with Gasteiger partial charge in [-0.1, -0.05) is 18.2 Å². The molecule has 0 amide bonds. The van der Waals surface area contributed by atoms with Gasteiger partial charge < -0.3 is 9.97 Å². The topological polar surface area (TPSA) is 31.6 Å². The lowest BCUT2D eigenvalue weighted by atomic mass is 10.1. The highest BCUT2D eigenvalue weighted by atomic mass is 14.7. The minimum absolute atomic E-state index is 1.18. The molecule has 0 unspecified atom stereocenters. The van der Waals surface area contributed by atoms with Crippen LogP contribution in [0.25, 0.3) is 32.7 Å². The van der Waals surface area contributed by atoms with Gasteiger partial charge in [0, 0.05) is 38.9 Å². The van der Waals surface area contributed by atoms with E-state index in [1.807, 2.05) is 6.20 Å². The number of para-hydroxylation sites is 1. The summed E-state index contributed by atoms with van der Waals surface area (Å²) in [6.45, 7) is 0. The molecule has 0 aliphatic rings. The van der Waals surface area contributed by atoms with Gasteiger partial charge in [0.25, 0.3) is 0 Å². The second-order valence-corrected chi connectivity index (χ2v) is 4.13. The average Bonchev–Trinajstić information content (AvgIpc) is 2.88. The van der Waals surface area contributed by atoms with Crippen LogP contribution in [0.5, 0.6) is 0 Å². The molecule has 2 heterocycles. The van der Waals surface area contributed by atoms with E-state index in [1.165, 1.54) is 32.7 Å². The third kappa shape index (κ3) is 0.910. The predicted molar refractivity (Wildman–Crippen MR) is 67.7 cm³/mol. The smallest absolute Gasteiger partial charge is 0.0486 e. The van der Waals surface area contributed by atoms with Crippen molar-refractivity contribution in [3.63, 3.8) is 0 Å². The Morgan fingerprint density at radius 2 is 1.69 bits per heavy atom. The summed E-state index contributed by atoms with van der Waals surface area (Å²) in [4.78, 5) is 6.68. The van der Waals surface area contributed by atoms with Crippen molar-refractivity contribution in [2.45, 2.75) is 0 Å². The van der Waals surface area contributed by atoms with Crippen molar-refractivity contribution >= 4 is 32.7 Å². The molecule has 0 saturated heterocycles. The van der Waals surface area contributed by atoms with E-state index in [0.717, 1.165) is 0 Å². The summed E-state index contributed by atoms with van der Waals surface area (Å²) in [5, 5.41) is 3.85. The molecule has 0 saturated carbocycles. The van der Waals surface area contributed by atoms with Crippen molar-refractivity contribution in [2.75, 3.05) is 0 Å². The normalized spacial score (nSPS) is 11.8. The molecule has 2 heteroatoms. The minimum Gasteiger partial charge on any atom is -0.361 e. The van der Waals surface area contributed by atoms with Gasteiger partial charge in [-0.15, -0.1) is 0 Å². The van der Waals surface area contributed by atoms with Gasteiger partial charge in [-0.05, 0) is 24.3 Å². The Kier molecular flexibility index (Phi) is 1.33. The van der Waals surface area contributed by atoms with Crippen LogP contribution in [-0.4, -0.2) is 9.97 Å². The molecule has 0 aliphatic heterocycles. The summed E-state index contributed by atoms with van der Waals surface area (Å²) in [5.41, 5.74) is 3.57. The van der Waals surface area contributed by atoms with Crippen molar-refractivity contribution in [3.05, 3.63) is 48.7 Å². The molecule has 0 atom stereocenters. The standard InChI is InChI=1S/C14H10N2/c1-2-4-12-10(3-1)11-7-9-5-6-15-13(9)8-14(11)16-12/h1-8,15-16H. The fraction of sp³-hybridized carbons (Fsp3) is 0.